The lowest BCUT2D eigenvalue weighted by Gasteiger charge is -2.06. The summed E-state index contributed by atoms with van der Waals surface area (Å²) in [6.07, 6.45) is 0. The van der Waals surface area contributed by atoms with Crippen molar-refractivity contribution in [2.24, 2.45) is 9.98 Å². The first-order valence-corrected chi connectivity index (χ1v) is 9.05. The molecule has 4 rings (SSSR count). The summed E-state index contributed by atoms with van der Waals surface area (Å²) >= 11 is 16.6. The van der Waals surface area contributed by atoms with Gasteiger partial charge in [0.1, 0.15) is 0 Å². The minimum absolute atomic E-state index is 0.282. The number of halogens is 2. The topological polar surface area (TPSA) is 50.5 Å². The highest BCUT2D eigenvalue weighted by molar-refractivity contribution is 9.11. The molecule has 8 heteroatoms. The number of isothiocyanates is 2. The molecule has 0 aliphatic heterocycles. The molecule has 0 radical (unpaired) electrons. The van der Waals surface area contributed by atoms with E-state index in [0.29, 0.717) is 0 Å². The maximum absolute atomic E-state index is 4.69. The zero-order valence-corrected chi connectivity index (χ0v) is 16.5. The standard InChI is InChI=1S/C16H4Br2N4S2/c17-9-3-1-7-11-8(2-4-10(18)12(9)11)14-13(7)21-15(19-5-23)16(22-14)20-6-24/h1-4H. The predicted octanol–water partition coefficient (Wildman–Crippen LogP) is 6.27. The van der Waals surface area contributed by atoms with Crippen LogP contribution in [0, 0.1) is 0 Å². The summed E-state index contributed by atoms with van der Waals surface area (Å²) in [6.45, 7) is 0. The van der Waals surface area contributed by atoms with Crippen molar-refractivity contribution in [2.75, 3.05) is 0 Å². The van der Waals surface area contributed by atoms with Gasteiger partial charge >= 0.3 is 0 Å². The molecule has 3 aromatic rings. The van der Waals surface area contributed by atoms with Crippen molar-refractivity contribution < 1.29 is 0 Å². The average Bonchev–Trinajstić information content (AvgIpc) is 2.87. The molecule has 0 saturated carbocycles. The number of fused-ring (bicyclic) bond motifs is 3. The van der Waals surface area contributed by atoms with E-state index in [1.807, 2.05) is 24.3 Å². The van der Waals surface area contributed by atoms with Crippen LogP contribution in [0.1, 0.15) is 0 Å². The van der Waals surface area contributed by atoms with E-state index in [4.69, 9.17) is 0 Å². The number of aliphatic imine (C=N–C) groups is 2. The monoisotopic (exact) mass is 474 g/mol. The Balaban J connectivity index is 2.17. The van der Waals surface area contributed by atoms with Crippen LogP contribution in [-0.4, -0.2) is 20.3 Å². The molecule has 0 fully saturated rings. The second-order valence-corrected chi connectivity index (χ2v) is 6.99. The van der Waals surface area contributed by atoms with E-state index < -0.39 is 0 Å². The third-order valence-electron chi connectivity index (χ3n) is 3.73. The van der Waals surface area contributed by atoms with Crippen LogP contribution in [0.5, 0.6) is 0 Å². The fraction of sp³-hybridized carbons (Fsp3) is 0. The Bertz CT molecular complexity index is 1060. The Kier molecular flexibility index (Phi) is 3.96. The van der Waals surface area contributed by atoms with Gasteiger partial charge in [0.05, 0.1) is 21.7 Å². The minimum Gasteiger partial charge on any atom is -0.222 e. The molecule has 0 bridgehead atoms. The van der Waals surface area contributed by atoms with Gasteiger partial charge in [-0.3, -0.25) is 0 Å². The number of hydrogen-bond donors (Lipinski definition) is 0. The van der Waals surface area contributed by atoms with Crippen molar-refractivity contribution in [2.45, 2.75) is 0 Å². The molecule has 2 aromatic carbocycles. The smallest absolute Gasteiger partial charge is 0.209 e. The van der Waals surface area contributed by atoms with Crippen molar-refractivity contribution in [3.05, 3.63) is 33.2 Å². The molecule has 0 saturated heterocycles. The lowest BCUT2D eigenvalue weighted by Crippen LogP contribution is -1.89. The summed E-state index contributed by atoms with van der Waals surface area (Å²) in [5.41, 5.74) is 3.47. The average molecular weight is 476 g/mol. The number of rotatable bonds is 2. The largest absolute Gasteiger partial charge is 0.222 e. The van der Waals surface area contributed by atoms with Crippen molar-refractivity contribution in [3.63, 3.8) is 0 Å². The lowest BCUT2D eigenvalue weighted by molar-refractivity contribution is 1.18. The van der Waals surface area contributed by atoms with E-state index in [-0.39, 0.29) is 11.6 Å². The summed E-state index contributed by atoms with van der Waals surface area (Å²) in [5.74, 6) is 0.563. The van der Waals surface area contributed by atoms with Crippen LogP contribution in [0.15, 0.2) is 43.2 Å². The zero-order valence-electron chi connectivity index (χ0n) is 11.7. The predicted molar refractivity (Wildman–Crippen MR) is 109 cm³/mol. The van der Waals surface area contributed by atoms with Crippen LogP contribution in [0.4, 0.5) is 11.6 Å². The molecule has 0 unspecified atom stereocenters. The molecule has 0 atom stereocenters. The highest BCUT2D eigenvalue weighted by Gasteiger charge is 2.27. The Morgan fingerprint density at radius 1 is 0.750 bits per heavy atom. The van der Waals surface area contributed by atoms with Gasteiger partial charge in [-0.25, -0.2) is 9.97 Å². The molecule has 1 aliphatic rings. The van der Waals surface area contributed by atoms with Gasteiger partial charge in [-0.05, 0) is 36.6 Å². The molecule has 0 N–H and O–H groups in total. The van der Waals surface area contributed by atoms with E-state index in [9.17, 15) is 0 Å². The van der Waals surface area contributed by atoms with Gasteiger partial charge in [0.25, 0.3) is 0 Å². The SMILES string of the molecule is S=C=Nc1nc2c(nc1N=C=S)-c1ccc(Br)c3c(Br)ccc-2c13. The fourth-order valence-corrected chi connectivity index (χ4v) is 4.37. The van der Waals surface area contributed by atoms with Gasteiger partial charge in [-0.1, -0.05) is 44.0 Å². The summed E-state index contributed by atoms with van der Waals surface area (Å²) < 4.78 is 1.99. The van der Waals surface area contributed by atoms with E-state index in [1.165, 1.54) is 0 Å². The van der Waals surface area contributed by atoms with Crippen molar-refractivity contribution in [1.29, 1.82) is 0 Å². The van der Waals surface area contributed by atoms with Gasteiger partial charge < -0.3 is 0 Å². The van der Waals surface area contributed by atoms with E-state index in [0.717, 1.165) is 42.2 Å². The molecule has 1 aliphatic carbocycles. The quantitative estimate of drug-likeness (QED) is 0.253. The molecule has 0 spiro atoms. The Morgan fingerprint density at radius 3 is 1.62 bits per heavy atom. The molecule has 24 heavy (non-hydrogen) atoms. The fourth-order valence-electron chi connectivity index (χ4n) is 2.84. The Labute approximate surface area is 164 Å². The number of hydrogen-bond acceptors (Lipinski definition) is 6. The Morgan fingerprint density at radius 2 is 1.21 bits per heavy atom. The van der Waals surface area contributed by atoms with Gasteiger partial charge in [0, 0.05) is 30.8 Å². The minimum atomic E-state index is 0.282. The highest BCUT2D eigenvalue weighted by atomic mass is 79.9. The molecular weight excluding hydrogens is 472 g/mol. The first kappa shape index (κ1) is 15.8. The molecule has 1 heterocycles. The third kappa shape index (κ3) is 2.24. The summed E-state index contributed by atoms with van der Waals surface area (Å²) in [6, 6.07) is 8.01. The van der Waals surface area contributed by atoms with Crippen LogP contribution in [-0.2, 0) is 0 Å². The van der Waals surface area contributed by atoms with E-state index in [2.05, 4.69) is 86.6 Å². The molecule has 1 aromatic heterocycles. The number of thiocarbonyl (C=S) groups is 2. The maximum atomic E-state index is 4.69. The van der Waals surface area contributed by atoms with E-state index in [1.54, 1.807) is 0 Å². The van der Waals surface area contributed by atoms with Crippen LogP contribution in [0.3, 0.4) is 0 Å². The number of nitrogens with zero attached hydrogens (tertiary/aromatic N) is 4. The molecule has 114 valence electrons. The first-order chi connectivity index (χ1) is 11.7. The van der Waals surface area contributed by atoms with Gasteiger partial charge in [0.2, 0.25) is 11.6 Å². The van der Waals surface area contributed by atoms with Crippen LogP contribution in [0.2, 0.25) is 0 Å². The van der Waals surface area contributed by atoms with Crippen molar-refractivity contribution >= 4 is 89.0 Å². The molecular formula is C16H4Br2N4S2. The second kappa shape index (κ2) is 6.01. The second-order valence-electron chi connectivity index (χ2n) is 4.91. The number of aromatic nitrogens is 2. The van der Waals surface area contributed by atoms with E-state index >= 15 is 0 Å². The maximum Gasteiger partial charge on any atom is 0.209 e. The molecule has 4 nitrogen and oxygen atoms in total. The molecule has 0 amide bonds. The van der Waals surface area contributed by atoms with Crippen LogP contribution >= 0.6 is 56.3 Å². The summed E-state index contributed by atoms with van der Waals surface area (Å²) in [4.78, 5) is 17.1. The highest BCUT2D eigenvalue weighted by Crippen LogP contribution is 2.50. The zero-order chi connectivity index (χ0) is 16.8. The van der Waals surface area contributed by atoms with Crippen LogP contribution < -0.4 is 0 Å². The third-order valence-corrected chi connectivity index (χ3v) is 5.24. The first-order valence-electron chi connectivity index (χ1n) is 6.65. The van der Waals surface area contributed by atoms with Gasteiger partial charge in [-0.2, -0.15) is 9.98 Å². The lowest BCUT2D eigenvalue weighted by atomic mass is 10.0. The normalized spacial score (nSPS) is 10.9. The van der Waals surface area contributed by atoms with Gasteiger partial charge in [-0.15, -0.1) is 0 Å². The van der Waals surface area contributed by atoms with Crippen molar-refractivity contribution in [3.8, 4) is 22.5 Å². The number of benzene rings is 2. The van der Waals surface area contributed by atoms with Gasteiger partial charge in [0.15, 0.2) is 0 Å². The summed E-state index contributed by atoms with van der Waals surface area (Å²) in [7, 11) is 0. The van der Waals surface area contributed by atoms with Crippen LogP contribution in [0.25, 0.3) is 33.3 Å². The van der Waals surface area contributed by atoms with Crippen molar-refractivity contribution in [1.82, 2.24) is 9.97 Å². The summed E-state index contributed by atoms with van der Waals surface area (Å²) in [5, 5.41) is 6.77. The Hall–Kier alpha value is -1.66.